The van der Waals surface area contributed by atoms with Gasteiger partial charge in [0.1, 0.15) is 0 Å². The lowest BCUT2D eigenvalue weighted by atomic mass is 9.83. The van der Waals surface area contributed by atoms with E-state index in [0.29, 0.717) is 0 Å². The first-order valence-electron chi connectivity index (χ1n) is 6.40. The molecule has 3 heteroatoms. The highest BCUT2D eigenvalue weighted by atomic mass is 16.5. The molecular formula is C14H22O3. The zero-order valence-electron chi connectivity index (χ0n) is 11.0. The third-order valence-electron chi connectivity index (χ3n) is 3.15. The minimum atomic E-state index is -0.491. The molecule has 0 spiro atoms. The number of rotatable bonds is 4. The first kappa shape index (κ1) is 13.9. The molecule has 0 aromatic rings. The summed E-state index contributed by atoms with van der Waals surface area (Å²) in [5.41, 5.74) is 0.245. The predicted octanol–water partition coefficient (Wildman–Crippen LogP) is 2.89. The van der Waals surface area contributed by atoms with E-state index in [1.807, 2.05) is 13.8 Å². The molecule has 1 fully saturated rings. The van der Waals surface area contributed by atoms with Crippen molar-refractivity contribution in [3.8, 4) is 0 Å². The topological polar surface area (TPSA) is 43.4 Å². The van der Waals surface area contributed by atoms with Gasteiger partial charge in [-0.25, -0.2) is 4.79 Å². The molecule has 1 saturated carbocycles. The maximum absolute atomic E-state index is 12.3. The van der Waals surface area contributed by atoms with Gasteiger partial charge in [-0.1, -0.05) is 39.2 Å². The molecule has 1 rings (SSSR count). The summed E-state index contributed by atoms with van der Waals surface area (Å²) in [7, 11) is 1.32. The molecule has 0 aromatic carbocycles. The van der Waals surface area contributed by atoms with Crippen LogP contribution in [-0.2, 0) is 14.3 Å². The van der Waals surface area contributed by atoms with Gasteiger partial charge in [0.2, 0.25) is 0 Å². The number of ketones is 1. The third kappa shape index (κ3) is 3.99. The molecule has 0 unspecified atom stereocenters. The van der Waals surface area contributed by atoms with Gasteiger partial charge in [-0.3, -0.25) is 4.79 Å². The number of hydrogen-bond donors (Lipinski definition) is 0. The Morgan fingerprint density at radius 3 is 2.24 bits per heavy atom. The van der Waals surface area contributed by atoms with E-state index in [1.54, 1.807) is 6.08 Å². The summed E-state index contributed by atoms with van der Waals surface area (Å²) in [6.07, 6.45) is 6.92. The van der Waals surface area contributed by atoms with Crippen LogP contribution in [0.4, 0.5) is 0 Å². The summed E-state index contributed by atoms with van der Waals surface area (Å²) in [5, 5.41) is 0. The van der Waals surface area contributed by atoms with E-state index in [1.165, 1.54) is 13.5 Å². The number of carbonyl (C=O) groups is 2. The molecule has 1 aliphatic rings. The fourth-order valence-electron chi connectivity index (χ4n) is 2.28. The van der Waals surface area contributed by atoms with Crippen LogP contribution < -0.4 is 0 Å². The smallest absolute Gasteiger partial charge is 0.341 e. The molecule has 3 nitrogen and oxygen atoms in total. The summed E-state index contributed by atoms with van der Waals surface area (Å²) in [6.45, 7) is 3.91. The number of esters is 1. The Morgan fingerprint density at radius 1 is 1.18 bits per heavy atom. The molecule has 17 heavy (non-hydrogen) atoms. The fraction of sp³-hybridized carbons (Fsp3) is 0.714. The van der Waals surface area contributed by atoms with Crippen molar-refractivity contribution < 1.29 is 14.3 Å². The van der Waals surface area contributed by atoms with Crippen molar-refractivity contribution in [3.63, 3.8) is 0 Å². The van der Waals surface area contributed by atoms with E-state index >= 15 is 0 Å². The number of Topliss-reactive ketones (excluding diaryl/α,β-unsaturated/α-hetero) is 1. The van der Waals surface area contributed by atoms with Crippen molar-refractivity contribution in [2.45, 2.75) is 46.0 Å². The summed E-state index contributed by atoms with van der Waals surface area (Å²) in [4.78, 5) is 23.9. The van der Waals surface area contributed by atoms with E-state index in [-0.39, 0.29) is 23.2 Å². The first-order chi connectivity index (χ1) is 8.06. The monoisotopic (exact) mass is 238 g/mol. The highest BCUT2D eigenvalue weighted by Gasteiger charge is 2.28. The third-order valence-corrected chi connectivity index (χ3v) is 3.15. The van der Waals surface area contributed by atoms with Gasteiger partial charge in [0.05, 0.1) is 12.7 Å². The van der Waals surface area contributed by atoms with Crippen molar-refractivity contribution in [1.29, 1.82) is 0 Å². The molecule has 0 bridgehead atoms. The Hall–Kier alpha value is -1.12. The molecule has 0 radical (unpaired) electrons. The normalized spacial score (nSPS) is 18.2. The van der Waals surface area contributed by atoms with Gasteiger partial charge in [-0.15, -0.1) is 0 Å². The number of methoxy groups -OCH3 is 1. The second-order valence-corrected chi connectivity index (χ2v) is 5.02. The molecule has 0 N–H and O–H groups in total. The van der Waals surface area contributed by atoms with Crippen molar-refractivity contribution in [2.75, 3.05) is 7.11 Å². The molecule has 0 aliphatic heterocycles. The van der Waals surface area contributed by atoms with Gasteiger partial charge < -0.3 is 4.74 Å². The van der Waals surface area contributed by atoms with Gasteiger partial charge in [-0.2, -0.15) is 0 Å². The van der Waals surface area contributed by atoms with Crippen LogP contribution in [0.25, 0.3) is 0 Å². The van der Waals surface area contributed by atoms with Crippen LogP contribution in [0, 0.1) is 11.8 Å². The Labute approximate surface area is 103 Å². The van der Waals surface area contributed by atoms with Crippen LogP contribution in [0.15, 0.2) is 11.6 Å². The second-order valence-electron chi connectivity index (χ2n) is 5.02. The summed E-state index contributed by atoms with van der Waals surface area (Å²) in [6, 6.07) is 0. The Bertz CT molecular complexity index is 309. The minimum Gasteiger partial charge on any atom is -0.465 e. The maximum Gasteiger partial charge on any atom is 0.341 e. The van der Waals surface area contributed by atoms with Crippen LogP contribution in [-0.4, -0.2) is 18.9 Å². The molecule has 0 saturated heterocycles. The minimum absolute atomic E-state index is 0.0212. The van der Waals surface area contributed by atoms with Crippen molar-refractivity contribution in [3.05, 3.63) is 11.6 Å². The molecule has 0 aromatic heterocycles. The molecule has 0 heterocycles. The van der Waals surface area contributed by atoms with Crippen molar-refractivity contribution >= 4 is 11.8 Å². The number of carbonyl (C=O) groups excluding carboxylic acids is 2. The SMILES string of the molecule is COC(=O)/C(=C/C(C)C)C(=O)C1CCCCC1. The van der Waals surface area contributed by atoms with Crippen LogP contribution >= 0.6 is 0 Å². The predicted molar refractivity (Wildman–Crippen MR) is 66.5 cm³/mol. The zero-order chi connectivity index (χ0) is 12.8. The highest BCUT2D eigenvalue weighted by Crippen LogP contribution is 2.27. The van der Waals surface area contributed by atoms with Crippen LogP contribution in [0.2, 0.25) is 0 Å². The number of ether oxygens (including phenoxy) is 1. The molecule has 1 aliphatic carbocycles. The second kappa shape index (κ2) is 6.58. The van der Waals surface area contributed by atoms with Gasteiger partial charge >= 0.3 is 5.97 Å². The summed E-state index contributed by atoms with van der Waals surface area (Å²) >= 11 is 0. The van der Waals surface area contributed by atoms with E-state index < -0.39 is 5.97 Å². The average molecular weight is 238 g/mol. The standard InChI is InChI=1S/C14H22O3/c1-10(2)9-12(14(16)17-3)13(15)11-7-5-4-6-8-11/h9-11H,4-8H2,1-3H3/b12-9+. The van der Waals surface area contributed by atoms with E-state index in [9.17, 15) is 9.59 Å². The number of allylic oxidation sites excluding steroid dienone is 1. The fourth-order valence-corrected chi connectivity index (χ4v) is 2.28. The lowest BCUT2D eigenvalue weighted by Gasteiger charge is -2.21. The van der Waals surface area contributed by atoms with Crippen LogP contribution in [0.1, 0.15) is 46.0 Å². The van der Waals surface area contributed by atoms with Crippen LogP contribution in [0.3, 0.4) is 0 Å². The zero-order valence-corrected chi connectivity index (χ0v) is 11.0. The Kier molecular flexibility index (Phi) is 5.39. The first-order valence-corrected chi connectivity index (χ1v) is 6.40. The van der Waals surface area contributed by atoms with Crippen LogP contribution in [0.5, 0.6) is 0 Å². The van der Waals surface area contributed by atoms with E-state index in [0.717, 1.165) is 25.7 Å². The Morgan fingerprint density at radius 2 is 1.76 bits per heavy atom. The van der Waals surface area contributed by atoms with Gasteiger partial charge in [0.25, 0.3) is 0 Å². The van der Waals surface area contributed by atoms with Crippen molar-refractivity contribution in [2.24, 2.45) is 11.8 Å². The molecule has 96 valence electrons. The van der Waals surface area contributed by atoms with Gasteiger partial charge in [0, 0.05) is 5.92 Å². The lowest BCUT2D eigenvalue weighted by molar-refractivity contribution is -0.138. The van der Waals surface area contributed by atoms with Crippen molar-refractivity contribution in [1.82, 2.24) is 0 Å². The number of hydrogen-bond acceptors (Lipinski definition) is 3. The summed E-state index contributed by atoms with van der Waals surface area (Å²) < 4.78 is 4.70. The largest absolute Gasteiger partial charge is 0.465 e. The molecule has 0 atom stereocenters. The summed E-state index contributed by atoms with van der Waals surface area (Å²) in [5.74, 6) is -0.316. The lowest BCUT2D eigenvalue weighted by Crippen LogP contribution is -2.24. The maximum atomic E-state index is 12.3. The van der Waals surface area contributed by atoms with E-state index in [2.05, 4.69) is 0 Å². The Balaban J connectivity index is 2.82. The average Bonchev–Trinajstić information content (AvgIpc) is 2.35. The highest BCUT2D eigenvalue weighted by molar-refractivity contribution is 6.18. The van der Waals surface area contributed by atoms with E-state index in [4.69, 9.17) is 4.74 Å². The quantitative estimate of drug-likeness (QED) is 0.327. The molecular weight excluding hydrogens is 216 g/mol. The molecule has 0 amide bonds. The van der Waals surface area contributed by atoms with Gasteiger partial charge in [-0.05, 0) is 18.8 Å². The van der Waals surface area contributed by atoms with Gasteiger partial charge in [0.15, 0.2) is 5.78 Å².